The molecule has 0 amide bonds. The Hall–Kier alpha value is -0.330. The summed E-state index contributed by atoms with van der Waals surface area (Å²) < 4.78 is 25.8. The topological polar surface area (TPSA) is 44.8 Å². The first-order chi connectivity index (χ1) is 7.65. The first kappa shape index (κ1) is 12.1. The Bertz CT molecular complexity index is 412. The number of ether oxygens (including phenoxy) is 1. The van der Waals surface area contributed by atoms with Gasteiger partial charge in [-0.05, 0) is 18.2 Å². The van der Waals surface area contributed by atoms with Crippen molar-refractivity contribution >= 4 is 34.6 Å². The van der Waals surface area contributed by atoms with Gasteiger partial charge in [0.15, 0.2) is 0 Å². The highest BCUT2D eigenvalue weighted by atomic mass is 35.5. The normalized spacial score (nSPS) is 24.6. The van der Waals surface area contributed by atoms with Gasteiger partial charge in [0.05, 0.1) is 11.6 Å². The average Bonchev–Trinajstić information content (AvgIpc) is 2.63. The highest BCUT2D eigenvalue weighted by molar-refractivity contribution is 7.75. The summed E-state index contributed by atoms with van der Waals surface area (Å²) in [5.74, 6) is 0.507. The minimum absolute atomic E-state index is 0.229. The van der Waals surface area contributed by atoms with Crippen molar-refractivity contribution < 1.29 is 17.3 Å². The molecule has 0 bridgehead atoms. The van der Waals surface area contributed by atoms with Crippen molar-refractivity contribution in [1.29, 1.82) is 0 Å². The minimum atomic E-state index is -1.65. The highest BCUT2D eigenvalue weighted by Crippen LogP contribution is 2.27. The molecule has 1 heterocycles. The van der Waals surface area contributed by atoms with Gasteiger partial charge >= 0.3 is 11.4 Å². The molecule has 0 unspecified atom stereocenters. The van der Waals surface area contributed by atoms with Crippen LogP contribution >= 0.6 is 23.2 Å². The molecule has 88 valence electrons. The quantitative estimate of drug-likeness (QED) is 0.854. The van der Waals surface area contributed by atoms with E-state index in [9.17, 15) is 4.21 Å². The molecule has 4 nitrogen and oxygen atoms in total. The maximum absolute atomic E-state index is 10.7. The van der Waals surface area contributed by atoms with Gasteiger partial charge < -0.3 is 4.74 Å². The number of hydrogen-bond acceptors (Lipinski definition) is 4. The molecule has 1 aromatic rings. The van der Waals surface area contributed by atoms with Crippen molar-refractivity contribution in [2.75, 3.05) is 13.2 Å². The zero-order chi connectivity index (χ0) is 11.5. The van der Waals surface area contributed by atoms with Crippen LogP contribution in [-0.4, -0.2) is 23.5 Å². The Balaban J connectivity index is 1.92. The second-order valence-corrected chi connectivity index (χ2v) is 4.77. The van der Waals surface area contributed by atoms with E-state index < -0.39 is 11.4 Å². The summed E-state index contributed by atoms with van der Waals surface area (Å²) in [6.45, 7) is 0.477. The van der Waals surface area contributed by atoms with Gasteiger partial charge in [-0.25, -0.2) is 0 Å². The predicted octanol–water partition coefficient (Wildman–Crippen LogP) is 2.37. The van der Waals surface area contributed by atoms with Crippen molar-refractivity contribution in [3.8, 4) is 5.75 Å². The Labute approximate surface area is 105 Å². The molecule has 0 aliphatic carbocycles. The van der Waals surface area contributed by atoms with Gasteiger partial charge in [0.25, 0.3) is 0 Å². The van der Waals surface area contributed by atoms with Crippen LogP contribution in [0.2, 0.25) is 10.0 Å². The monoisotopic (exact) mass is 282 g/mol. The summed E-state index contributed by atoms with van der Waals surface area (Å²) >= 11 is 9.99. The first-order valence-electron chi connectivity index (χ1n) is 4.45. The Morgan fingerprint density at radius 3 is 2.94 bits per heavy atom. The Kier molecular flexibility index (Phi) is 4.05. The molecule has 1 fully saturated rings. The predicted molar refractivity (Wildman–Crippen MR) is 60.9 cm³/mol. The van der Waals surface area contributed by atoms with E-state index in [1.54, 1.807) is 18.2 Å². The third-order valence-electron chi connectivity index (χ3n) is 1.88. The van der Waals surface area contributed by atoms with Crippen LogP contribution in [0.5, 0.6) is 5.75 Å². The zero-order valence-corrected chi connectivity index (χ0v) is 10.3. The van der Waals surface area contributed by atoms with Crippen molar-refractivity contribution in [3.63, 3.8) is 0 Å². The smallest absolute Gasteiger partial charge is 0.305 e. The van der Waals surface area contributed by atoms with Crippen LogP contribution in [0.3, 0.4) is 0 Å². The summed E-state index contributed by atoms with van der Waals surface area (Å²) in [6, 6.07) is 4.92. The Morgan fingerprint density at radius 1 is 1.50 bits per heavy atom. The molecular weight excluding hydrogens is 275 g/mol. The standard InChI is InChI=1S/C9H8Cl2O4S/c10-6-1-2-9(8(11)3-6)13-4-7-5-14-16(12)15-7/h1-3,7H,4-5H2/t7-,16+/m1/s1. The van der Waals surface area contributed by atoms with Crippen molar-refractivity contribution in [1.82, 2.24) is 0 Å². The van der Waals surface area contributed by atoms with E-state index in [-0.39, 0.29) is 19.3 Å². The molecule has 1 aliphatic rings. The molecule has 0 aromatic heterocycles. The molecule has 2 rings (SSSR count). The van der Waals surface area contributed by atoms with Gasteiger partial charge in [-0.3, -0.25) is 8.37 Å². The summed E-state index contributed by atoms with van der Waals surface area (Å²) in [4.78, 5) is 0. The number of hydrogen-bond donors (Lipinski definition) is 0. The van der Waals surface area contributed by atoms with Gasteiger partial charge in [-0.15, -0.1) is 0 Å². The number of rotatable bonds is 3. The summed E-state index contributed by atoms with van der Waals surface area (Å²) in [5, 5.41) is 0.964. The first-order valence-corrected chi connectivity index (χ1v) is 6.21. The van der Waals surface area contributed by atoms with Crippen LogP contribution in [0, 0.1) is 0 Å². The van der Waals surface area contributed by atoms with Gasteiger partial charge in [0, 0.05) is 5.02 Å². The summed E-state index contributed by atoms with van der Waals surface area (Å²) in [5.41, 5.74) is 0. The number of benzene rings is 1. The molecule has 1 saturated heterocycles. The molecule has 0 spiro atoms. The zero-order valence-electron chi connectivity index (χ0n) is 8.02. The van der Waals surface area contributed by atoms with Crippen molar-refractivity contribution in [2.45, 2.75) is 6.10 Å². The maximum atomic E-state index is 10.7. The van der Waals surface area contributed by atoms with E-state index in [2.05, 4.69) is 0 Å². The lowest BCUT2D eigenvalue weighted by Crippen LogP contribution is -2.19. The summed E-state index contributed by atoms with van der Waals surface area (Å²) in [7, 11) is 0. The van der Waals surface area contributed by atoms with Crippen molar-refractivity contribution in [3.05, 3.63) is 28.2 Å². The minimum Gasteiger partial charge on any atom is -0.489 e. The fourth-order valence-corrected chi connectivity index (χ4v) is 2.26. The van der Waals surface area contributed by atoms with Gasteiger partial charge in [0.2, 0.25) is 0 Å². The van der Waals surface area contributed by atoms with Crippen LogP contribution in [0.4, 0.5) is 0 Å². The molecule has 16 heavy (non-hydrogen) atoms. The average molecular weight is 283 g/mol. The largest absolute Gasteiger partial charge is 0.489 e. The van der Waals surface area contributed by atoms with Crippen molar-refractivity contribution in [2.24, 2.45) is 0 Å². The molecule has 0 radical (unpaired) electrons. The van der Waals surface area contributed by atoms with E-state index in [1.165, 1.54) is 0 Å². The van der Waals surface area contributed by atoms with E-state index in [0.29, 0.717) is 15.8 Å². The number of halogens is 2. The lowest BCUT2D eigenvalue weighted by Gasteiger charge is -2.10. The van der Waals surface area contributed by atoms with Gasteiger partial charge in [-0.1, -0.05) is 23.2 Å². The second-order valence-electron chi connectivity index (χ2n) is 3.09. The second kappa shape index (κ2) is 5.33. The van der Waals surface area contributed by atoms with Gasteiger partial charge in [0.1, 0.15) is 18.5 Å². The molecule has 7 heteroatoms. The third kappa shape index (κ3) is 3.09. The van der Waals surface area contributed by atoms with Crippen LogP contribution in [-0.2, 0) is 19.7 Å². The van der Waals surface area contributed by atoms with Crippen LogP contribution < -0.4 is 4.74 Å². The molecule has 0 N–H and O–H groups in total. The molecule has 0 saturated carbocycles. The highest BCUT2D eigenvalue weighted by Gasteiger charge is 2.24. The van der Waals surface area contributed by atoms with Crippen LogP contribution in [0.1, 0.15) is 0 Å². The summed E-state index contributed by atoms with van der Waals surface area (Å²) in [6.07, 6.45) is -0.340. The fourth-order valence-electron chi connectivity index (χ4n) is 1.15. The van der Waals surface area contributed by atoms with E-state index in [0.717, 1.165) is 0 Å². The third-order valence-corrected chi connectivity index (χ3v) is 3.17. The fraction of sp³-hybridized carbons (Fsp3) is 0.333. The maximum Gasteiger partial charge on any atom is 0.305 e. The Morgan fingerprint density at radius 2 is 2.31 bits per heavy atom. The van der Waals surface area contributed by atoms with Crippen LogP contribution in [0.25, 0.3) is 0 Å². The molecule has 1 aromatic carbocycles. The molecule has 1 aliphatic heterocycles. The molecular formula is C9H8Cl2O4S. The lowest BCUT2D eigenvalue weighted by atomic mass is 10.3. The van der Waals surface area contributed by atoms with E-state index >= 15 is 0 Å². The van der Waals surface area contributed by atoms with E-state index in [1.807, 2.05) is 0 Å². The van der Waals surface area contributed by atoms with Gasteiger partial charge in [-0.2, -0.15) is 4.21 Å². The van der Waals surface area contributed by atoms with Crippen LogP contribution in [0.15, 0.2) is 18.2 Å². The lowest BCUT2D eigenvalue weighted by molar-refractivity contribution is 0.151. The van der Waals surface area contributed by atoms with E-state index in [4.69, 9.17) is 36.3 Å². The molecule has 2 atom stereocenters. The SMILES string of the molecule is O=[S@]1OC[C@@H](COc2ccc(Cl)cc2Cl)O1.